The lowest BCUT2D eigenvalue weighted by atomic mass is 9.73. The van der Waals surface area contributed by atoms with Crippen LogP contribution < -0.4 is 5.32 Å². The summed E-state index contributed by atoms with van der Waals surface area (Å²) >= 11 is 1.54. The van der Waals surface area contributed by atoms with Gasteiger partial charge in [-0.2, -0.15) is 26.3 Å². The van der Waals surface area contributed by atoms with Gasteiger partial charge < -0.3 is 5.32 Å². The molecule has 0 bridgehead atoms. The van der Waals surface area contributed by atoms with Crippen LogP contribution in [0, 0.1) is 11.3 Å². The minimum absolute atomic E-state index is 0.0978. The van der Waals surface area contributed by atoms with Gasteiger partial charge in [-0.3, -0.25) is 14.3 Å². The molecule has 1 amide bonds. The number of amides is 1. The molecule has 1 saturated heterocycles. The summed E-state index contributed by atoms with van der Waals surface area (Å²) < 4.78 is 81.5. The highest BCUT2D eigenvalue weighted by molar-refractivity contribution is 7.12. The number of likely N-dealkylation sites (tertiary alicyclic amines) is 1. The maximum absolute atomic E-state index is 13.5. The molecule has 1 aliphatic carbocycles. The van der Waals surface area contributed by atoms with E-state index in [4.69, 9.17) is 0 Å². The van der Waals surface area contributed by atoms with E-state index in [9.17, 15) is 31.1 Å². The van der Waals surface area contributed by atoms with Crippen LogP contribution in [0.5, 0.6) is 0 Å². The number of halogens is 6. The normalized spacial score (nSPS) is 18.3. The van der Waals surface area contributed by atoms with Crippen LogP contribution in [0.15, 0.2) is 48.1 Å². The highest BCUT2D eigenvalue weighted by atomic mass is 32.1. The van der Waals surface area contributed by atoms with Crippen molar-refractivity contribution in [2.75, 3.05) is 13.1 Å². The third kappa shape index (κ3) is 6.49. The van der Waals surface area contributed by atoms with Crippen LogP contribution in [0.2, 0.25) is 0 Å². The van der Waals surface area contributed by atoms with E-state index in [2.05, 4.69) is 15.2 Å². The van der Waals surface area contributed by atoms with Gasteiger partial charge >= 0.3 is 12.4 Å². The number of rotatable bonds is 8. The number of thiazole rings is 1. The number of benzene rings is 1. The van der Waals surface area contributed by atoms with Gasteiger partial charge in [0.15, 0.2) is 5.13 Å². The molecule has 12 heteroatoms. The SMILES string of the molecule is O=C(NCc1cc(C(F)(F)F)cc(C(F)(F)F)c1)C1(CC2CC2)CCN(Cc2cccn2-c2nccs2)CC1. The molecule has 1 saturated carbocycles. The molecule has 1 aliphatic heterocycles. The fourth-order valence-electron chi connectivity index (χ4n) is 5.32. The van der Waals surface area contributed by atoms with Crippen LogP contribution in [0.3, 0.4) is 0 Å². The van der Waals surface area contributed by atoms with Crippen molar-refractivity contribution in [1.29, 1.82) is 0 Å². The lowest BCUT2D eigenvalue weighted by molar-refractivity contribution is -0.143. The molecule has 210 valence electrons. The average Bonchev–Trinajstić information content (AvgIpc) is 3.32. The van der Waals surface area contributed by atoms with E-state index in [1.165, 1.54) is 11.3 Å². The second kappa shape index (κ2) is 10.6. The van der Waals surface area contributed by atoms with Crippen LogP contribution in [0.4, 0.5) is 26.3 Å². The molecular formula is C27H28F6N4OS. The largest absolute Gasteiger partial charge is 0.416 e. The number of aromatic nitrogens is 2. The van der Waals surface area contributed by atoms with Crippen molar-refractivity contribution >= 4 is 17.2 Å². The third-order valence-electron chi connectivity index (χ3n) is 7.62. The van der Waals surface area contributed by atoms with Gasteiger partial charge in [0, 0.05) is 36.6 Å². The van der Waals surface area contributed by atoms with E-state index in [-0.39, 0.29) is 17.5 Å². The number of hydrogen-bond donors (Lipinski definition) is 1. The van der Waals surface area contributed by atoms with E-state index < -0.39 is 35.4 Å². The molecule has 3 aromatic rings. The van der Waals surface area contributed by atoms with Crippen molar-refractivity contribution in [3.8, 4) is 5.13 Å². The van der Waals surface area contributed by atoms with E-state index in [0.29, 0.717) is 56.9 Å². The van der Waals surface area contributed by atoms with E-state index in [1.54, 1.807) is 6.20 Å². The molecule has 3 heterocycles. The van der Waals surface area contributed by atoms with E-state index in [1.807, 2.05) is 28.3 Å². The Balaban J connectivity index is 1.27. The van der Waals surface area contributed by atoms with Crippen molar-refractivity contribution < 1.29 is 31.1 Å². The number of nitrogens with zero attached hydrogens (tertiary/aromatic N) is 3. The Bertz CT molecular complexity index is 1260. The first-order valence-corrected chi connectivity index (χ1v) is 13.7. The Morgan fingerprint density at radius 2 is 1.72 bits per heavy atom. The quantitative estimate of drug-likeness (QED) is 0.308. The number of piperidine rings is 1. The van der Waals surface area contributed by atoms with Crippen LogP contribution >= 0.6 is 11.3 Å². The first-order chi connectivity index (χ1) is 18.4. The second-order valence-corrected chi connectivity index (χ2v) is 11.4. The number of nitrogens with one attached hydrogen (secondary N) is 1. The Hall–Kier alpha value is -2.86. The van der Waals surface area contributed by atoms with Crippen molar-refractivity contribution in [1.82, 2.24) is 19.8 Å². The second-order valence-electron chi connectivity index (χ2n) is 10.5. The van der Waals surface area contributed by atoms with E-state index >= 15 is 0 Å². The van der Waals surface area contributed by atoms with Crippen molar-refractivity contribution in [3.05, 3.63) is 70.5 Å². The summed E-state index contributed by atoms with van der Waals surface area (Å²) in [4.78, 5) is 20.1. The minimum atomic E-state index is -4.93. The third-order valence-corrected chi connectivity index (χ3v) is 8.39. The maximum atomic E-state index is 13.5. The number of hydrogen-bond acceptors (Lipinski definition) is 4. The van der Waals surface area contributed by atoms with Gasteiger partial charge in [0.25, 0.3) is 0 Å². The Morgan fingerprint density at radius 3 is 2.28 bits per heavy atom. The molecule has 0 unspecified atom stereocenters. The lowest BCUT2D eigenvalue weighted by Gasteiger charge is -2.41. The molecule has 39 heavy (non-hydrogen) atoms. The summed E-state index contributed by atoms with van der Waals surface area (Å²) in [6, 6.07) is 5.43. The monoisotopic (exact) mass is 570 g/mol. The predicted octanol–water partition coefficient (Wildman–Crippen LogP) is 6.67. The Kier molecular flexibility index (Phi) is 7.53. The number of carbonyl (C=O) groups excluding carboxylic acids is 1. The van der Waals surface area contributed by atoms with Crippen molar-refractivity contribution in [2.24, 2.45) is 11.3 Å². The molecule has 0 radical (unpaired) electrons. The summed E-state index contributed by atoms with van der Waals surface area (Å²) in [6.07, 6.45) is -2.27. The average molecular weight is 571 g/mol. The first-order valence-electron chi connectivity index (χ1n) is 12.8. The lowest BCUT2D eigenvalue weighted by Crippen LogP contribution is -2.49. The summed E-state index contributed by atoms with van der Waals surface area (Å²) in [6.45, 7) is 1.59. The van der Waals surface area contributed by atoms with Gasteiger partial charge in [-0.1, -0.05) is 12.8 Å². The fraction of sp³-hybridized carbons (Fsp3) is 0.481. The zero-order valence-corrected chi connectivity index (χ0v) is 21.8. The van der Waals surface area contributed by atoms with Crippen LogP contribution in [0.1, 0.15) is 54.5 Å². The smallest absolute Gasteiger partial charge is 0.352 e. The molecule has 1 N–H and O–H groups in total. The molecule has 1 aromatic carbocycles. The molecule has 0 atom stereocenters. The first kappa shape index (κ1) is 27.7. The van der Waals surface area contributed by atoms with Crippen molar-refractivity contribution in [3.63, 3.8) is 0 Å². The summed E-state index contributed by atoms with van der Waals surface area (Å²) in [5.41, 5.74) is -2.61. The molecule has 5 nitrogen and oxygen atoms in total. The van der Waals surface area contributed by atoms with Crippen LogP contribution in [-0.2, 0) is 30.2 Å². The van der Waals surface area contributed by atoms with Crippen LogP contribution in [-0.4, -0.2) is 33.4 Å². The standard InChI is InChI=1S/C27H28F6N4OS/c28-26(29,30)20-12-19(13-21(14-20)27(31,32)33)16-35-23(38)25(15-18-3-4-18)5-9-36(10-6-25)17-22-2-1-8-37(22)24-34-7-11-39-24/h1-2,7-8,11-14,18H,3-6,9-10,15-17H2,(H,35,38). The van der Waals surface area contributed by atoms with Gasteiger partial charge in [-0.05, 0) is 74.2 Å². The summed E-state index contributed by atoms with van der Waals surface area (Å²) in [7, 11) is 0. The molecule has 2 aliphatic rings. The van der Waals surface area contributed by atoms with Gasteiger partial charge in [0.1, 0.15) is 0 Å². The number of carbonyl (C=O) groups is 1. The molecule has 2 aromatic heterocycles. The van der Waals surface area contributed by atoms with Gasteiger partial charge in [-0.25, -0.2) is 4.98 Å². The molecular weight excluding hydrogens is 542 g/mol. The maximum Gasteiger partial charge on any atom is 0.416 e. The molecule has 0 spiro atoms. The molecule has 5 rings (SSSR count). The van der Waals surface area contributed by atoms with Crippen LogP contribution in [0.25, 0.3) is 5.13 Å². The fourth-order valence-corrected chi connectivity index (χ4v) is 5.98. The zero-order valence-electron chi connectivity index (χ0n) is 21.0. The van der Waals surface area contributed by atoms with Crippen molar-refractivity contribution in [2.45, 2.75) is 57.5 Å². The highest BCUT2D eigenvalue weighted by Crippen LogP contribution is 2.46. The summed E-state index contributed by atoms with van der Waals surface area (Å²) in [5, 5.41) is 5.47. The highest BCUT2D eigenvalue weighted by Gasteiger charge is 2.45. The Morgan fingerprint density at radius 1 is 1.05 bits per heavy atom. The van der Waals surface area contributed by atoms with Gasteiger partial charge in [0.05, 0.1) is 16.5 Å². The number of alkyl halides is 6. The van der Waals surface area contributed by atoms with E-state index in [0.717, 1.165) is 23.7 Å². The zero-order chi connectivity index (χ0) is 27.8. The van der Waals surface area contributed by atoms with Gasteiger partial charge in [0.2, 0.25) is 5.91 Å². The predicted molar refractivity (Wildman–Crippen MR) is 134 cm³/mol. The van der Waals surface area contributed by atoms with Gasteiger partial charge in [-0.15, -0.1) is 11.3 Å². The Labute approximate surface area is 225 Å². The molecule has 2 fully saturated rings. The topological polar surface area (TPSA) is 50.2 Å². The minimum Gasteiger partial charge on any atom is -0.352 e. The summed E-state index contributed by atoms with van der Waals surface area (Å²) in [5.74, 6) is 0.126.